The van der Waals surface area contributed by atoms with Crippen molar-refractivity contribution in [3.05, 3.63) is 0 Å². The molecular weight excluding hydrogens is 1280 g/mol. The molecule has 17 nitrogen and oxygen atoms in total. The van der Waals surface area contributed by atoms with Gasteiger partial charge in [-0.3, -0.25) is 37.3 Å². The van der Waals surface area contributed by atoms with Crippen LogP contribution >= 0.6 is 15.6 Å². The van der Waals surface area contributed by atoms with E-state index in [1.807, 2.05) is 0 Å². The molecule has 0 radical (unpaired) electrons. The van der Waals surface area contributed by atoms with Gasteiger partial charge in [0.2, 0.25) is 0 Å². The van der Waals surface area contributed by atoms with Crippen LogP contribution in [0, 0.1) is 17.8 Å². The maximum absolute atomic E-state index is 13.1. The van der Waals surface area contributed by atoms with E-state index in [-0.39, 0.29) is 25.7 Å². The van der Waals surface area contributed by atoms with Crippen molar-refractivity contribution in [2.24, 2.45) is 17.8 Å². The first kappa shape index (κ1) is 96.1. The van der Waals surface area contributed by atoms with Gasteiger partial charge < -0.3 is 33.8 Å². The number of carbonyl (C=O) groups excluding carboxylic acids is 4. The SMILES string of the molecule is CCCCCCCCCCCCCCCCCCCCCCC(=O)O[C@H](COC(=O)CCCCCCCCCCCCCCCC(C)C)COP(=O)(O)OC[C@@H](O)COP(=O)(O)OC[C@@H](COC(=O)CCCCCCCCCC(C)C)OC(=O)CCCCCCCCCCC(C)CC. The van der Waals surface area contributed by atoms with Gasteiger partial charge in [-0.15, -0.1) is 0 Å². The highest BCUT2D eigenvalue weighted by Crippen LogP contribution is 2.45. The Kier molecular flexibility index (Phi) is 68.1. The highest BCUT2D eigenvalue weighted by Gasteiger charge is 2.30. The molecule has 19 heteroatoms. The molecule has 0 aromatic heterocycles. The molecule has 0 bridgehead atoms. The number of carbonyl (C=O) groups is 4. The number of aliphatic hydroxyl groups excluding tert-OH is 1. The standard InChI is InChI=1S/C79H154O17P2/c1-8-10-11-12-13-14-15-16-17-18-19-20-21-22-25-29-32-40-48-55-62-78(83)95-74(66-89-76(81)60-53-46-39-31-28-26-23-24-27-30-36-43-50-57-70(3)4)68-93-97(85,86)91-64-73(80)65-92-98(87,88)94-69-75(67-90-77(82)61-54-47-42-35-37-44-51-58-71(5)6)96-79(84)63-56-49-41-34-33-38-45-52-59-72(7)9-2/h70-75,80H,8-69H2,1-7H3,(H,85,86)(H,87,88)/t72?,73-,74-,75-/m1/s1. The Bertz CT molecular complexity index is 1910. The van der Waals surface area contributed by atoms with Crippen LogP contribution in [0.2, 0.25) is 0 Å². The zero-order chi connectivity index (χ0) is 72.3. The molecule has 0 rings (SSSR count). The van der Waals surface area contributed by atoms with Crippen LogP contribution in [0.4, 0.5) is 0 Å². The Morgan fingerprint density at radius 1 is 0.296 bits per heavy atom. The lowest BCUT2D eigenvalue weighted by Crippen LogP contribution is -2.30. The Hall–Kier alpha value is -1.94. The highest BCUT2D eigenvalue weighted by molar-refractivity contribution is 7.47. The lowest BCUT2D eigenvalue weighted by atomic mass is 9.99. The fraction of sp³-hybridized carbons (Fsp3) is 0.949. The van der Waals surface area contributed by atoms with Crippen LogP contribution in [0.1, 0.15) is 408 Å². The number of rotatable bonds is 77. The monoisotopic (exact) mass is 1440 g/mol. The molecule has 0 saturated carbocycles. The van der Waals surface area contributed by atoms with Crippen molar-refractivity contribution in [2.75, 3.05) is 39.6 Å². The van der Waals surface area contributed by atoms with E-state index in [2.05, 4.69) is 48.5 Å². The molecule has 0 heterocycles. The molecule has 0 aliphatic heterocycles. The summed E-state index contributed by atoms with van der Waals surface area (Å²) in [7, 11) is -9.92. The van der Waals surface area contributed by atoms with Gasteiger partial charge in [0.25, 0.3) is 0 Å². The quantitative estimate of drug-likeness (QED) is 0.0222. The zero-order valence-electron chi connectivity index (χ0n) is 64.3. The first-order chi connectivity index (χ1) is 47.3. The summed E-state index contributed by atoms with van der Waals surface area (Å²) >= 11 is 0. The van der Waals surface area contributed by atoms with Gasteiger partial charge in [0.05, 0.1) is 26.4 Å². The number of phosphoric acid groups is 2. The van der Waals surface area contributed by atoms with Crippen LogP contribution in [0.5, 0.6) is 0 Å². The van der Waals surface area contributed by atoms with Crippen molar-refractivity contribution in [3.63, 3.8) is 0 Å². The van der Waals surface area contributed by atoms with Crippen molar-refractivity contribution in [3.8, 4) is 0 Å². The third-order valence-corrected chi connectivity index (χ3v) is 20.6. The molecule has 0 saturated heterocycles. The van der Waals surface area contributed by atoms with Crippen molar-refractivity contribution in [1.82, 2.24) is 0 Å². The van der Waals surface area contributed by atoms with Crippen molar-refractivity contribution in [1.29, 1.82) is 0 Å². The smallest absolute Gasteiger partial charge is 0.462 e. The second-order valence-corrected chi connectivity index (χ2v) is 32.6. The largest absolute Gasteiger partial charge is 0.472 e. The summed E-state index contributed by atoms with van der Waals surface area (Å²) < 4.78 is 68.6. The number of ether oxygens (including phenoxy) is 4. The third-order valence-electron chi connectivity index (χ3n) is 18.7. The molecule has 0 aliphatic carbocycles. The maximum Gasteiger partial charge on any atom is 0.472 e. The summed E-state index contributed by atoms with van der Waals surface area (Å²) in [6, 6.07) is 0. The molecule has 0 aliphatic rings. The normalized spacial score (nSPS) is 14.3. The van der Waals surface area contributed by atoms with E-state index in [0.29, 0.717) is 31.6 Å². The predicted octanol–water partition coefficient (Wildman–Crippen LogP) is 23.4. The highest BCUT2D eigenvalue weighted by atomic mass is 31.2. The van der Waals surface area contributed by atoms with E-state index < -0.39 is 97.5 Å². The van der Waals surface area contributed by atoms with Gasteiger partial charge in [-0.1, -0.05) is 357 Å². The number of esters is 4. The van der Waals surface area contributed by atoms with Gasteiger partial charge in [-0.05, 0) is 43.4 Å². The van der Waals surface area contributed by atoms with E-state index in [9.17, 15) is 43.2 Å². The second-order valence-electron chi connectivity index (χ2n) is 29.6. The third kappa shape index (κ3) is 71.1. The van der Waals surface area contributed by atoms with Gasteiger partial charge in [0.15, 0.2) is 12.2 Å². The molecule has 6 atom stereocenters. The Labute approximate surface area is 600 Å². The first-order valence-electron chi connectivity index (χ1n) is 40.9. The second kappa shape index (κ2) is 69.4. The molecule has 0 amide bonds. The predicted molar refractivity (Wildman–Crippen MR) is 400 cm³/mol. The fourth-order valence-corrected chi connectivity index (χ4v) is 13.7. The van der Waals surface area contributed by atoms with Gasteiger partial charge >= 0.3 is 39.5 Å². The van der Waals surface area contributed by atoms with E-state index in [0.717, 1.165) is 108 Å². The van der Waals surface area contributed by atoms with Gasteiger partial charge in [-0.2, -0.15) is 0 Å². The van der Waals surface area contributed by atoms with Gasteiger partial charge in [0, 0.05) is 25.7 Å². The van der Waals surface area contributed by atoms with Crippen LogP contribution < -0.4 is 0 Å². The summed E-state index contributed by atoms with van der Waals surface area (Å²) in [6.45, 7) is 11.9. The molecule has 0 spiro atoms. The minimum absolute atomic E-state index is 0.104. The minimum Gasteiger partial charge on any atom is -0.462 e. The molecule has 0 aromatic carbocycles. The minimum atomic E-state index is -4.96. The van der Waals surface area contributed by atoms with Gasteiger partial charge in [0.1, 0.15) is 19.3 Å². The van der Waals surface area contributed by atoms with Crippen LogP contribution in [0.15, 0.2) is 0 Å². The maximum atomic E-state index is 13.1. The lowest BCUT2D eigenvalue weighted by molar-refractivity contribution is -0.161. The molecule has 0 fully saturated rings. The van der Waals surface area contributed by atoms with E-state index in [1.165, 1.54) is 212 Å². The van der Waals surface area contributed by atoms with Crippen LogP contribution in [-0.2, 0) is 65.4 Å². The molecule has 98 heavy (non-hydrogen) atoms. The summed E-state index contributed by atoms with van der Waals surface area (Å²) in [6.07, 6.45) is 57.0. The average Bonchev–Trinajstić information content (AvgIpc) is 1.09. The molecular formula is C79H154O17P2. The summed E-state index contributed by atoms with van der Waals surface area (Å²) in [5.41, 5.74) is 0. The van der Waals surface area contributed by atoms with E-state index >= 15 is 0 Å². The Balaban J connectivity index is 5.23. The summed E-state index contributed by atoms with van der Waals surface area (Å²) in [5.74, 6) is 0.149. The molecule has 0 aromatic rings. The summed E-state index contributed by atoms with van der Waals surface area (Å²) in [5, 5.41) is 10.6. The van der Waals surface area contributed by atoms with Crippen molar-refractivity contribution in [2.45, 2.75) is 426 Å². The van der Waals surface area contributed by atoms with Crippen molar-refractivity contribution >= 4 is 39.5 Å². The van der Waals surface area contributed by atoms with Crippen LogP contribution in [-0.4, -0.2) is 96.7 Å². The fourth-order valence-electron chi connectivity index (χ4n) is 12.1. The van der Waals surface area contributed by atoms with E-state index in [1.54, 1.807) is 0 Å². The van der Waals surface area contributed by atoms with Crippen molar-refractivity contribution < 1.29 is 80.2 Å². The number of phosphoric ester groups is 2. The number of hydrogen-bond acceptors (Lipinski definition) is 15. The number of aliphatic hydroxyl groups is 1. The van der Waals surface area contributed by atoms with E-state index in [4.69, 9.17) is 37.0 Å². The first-order valence-corrected chi connectivity index (χ1v) is 43.9. The molecule has 3 N–H and O–H groups in total. The zero-order valence-corrected chi connectivity index (χ0v) is 66.0. The molecule has 3 unspecified atom stereocenters. The van der Waals surface area contributed by atoms with Crippen LogP contribution in [0.3, 0.4) is 0 Å². The Morgan fingerprint density at radius 3 is 0.776 bits per heavy atom. The number of hydrogen-bond donors (Lipinski definition) is 3. The summed E-state index contributed by atoms with van der Waals surface area (Å²) in [4.78, 5) is 72.9. The average molecular weight is 1440 g/mol. The number of unbranched alkanes of at least 4 members (excludes halogenated alkanes) is 44. The Morgan fingerprint density at radius 2 is 0.520 bits per heavy atom. The lowest BCUT2D eigenvalue weighted by Gasteiger charge is -2.21. The molecule has 582 valence electrons. The van der Waals surface area contributed by atoms with Crippen LogP contribution in [0.25, 0.3) is 0 Å². The van der Waals surface area contributed by atoms with Gasteiger partial charge in [-0.25, -0.2) is 9.13 Å². The topological polar surface area (TPSA) is 237 Å².